The first-order valence-electron chi connectivity index (χ1n) is 6.47. The number of rotatable bonds is 3. The van der Waals surface area contributed by atoms with E-state index in [9.17, 15) is 0 Å². The molecule has 0 atom stereocenters. The van der Waals surface area contributed by atoms with Crippen molar-refractivity contribution in [2.24, 2.45) is 0 Å². The summed E-state index contributed by atoms with van der Waals surface area (Å²) in [6, 6.07) is 3.87. The molecule has 0 saturated heterocycles. The molecule has 0 aromatic carbocycles. The van der Waals surface area contributed by atoms with Gasteiger partial charge in [0.25, 0.3) is 0 Å². The van der Waals surface area contributed by atoms with E-state index in [1.165, 1.54) is 0 Å². The Kier molecular flexibility index (Phi) is 3.06. The number of nitrogens with zero attached hydrogens (tertiary/aromatic N) is 5. The molecule has 0 aliphatic carbocycles. The molecule has 3 heterocycles. The summed E-state index contributed by atoms with van der Waals surface area (Å²) in [6.07, 6.45) is 3.28. The van der Waals surface area contributed by atoms with Crippen LogP contribution >= 0.6 is 0 Å². The quantitative estimate of drug-likeness (QED) is 0.787. The molecular weight excluding hydrogens is 252 g/mol. The maximum absolute atomic E-state index is 4.55. The molecule has 3 aromatic heterocycles. The fourth-order valence-corrected chi connectivity index (χ4v) is 2.08. The monoisotopic (exact) mass is 268 g/mol. The Balaban J connectivity index is 1.97. The van der Waals surface area contributed by atoms with Crippen LogP contribution in [0.3, 0.4) is 0 Å². The number of anilines is 1. The molecule has 0 bridgehead atoms. The topological polar surface area (TPSA) is 68.0 Å². The lowest BCUT2D eigenvalue weighted by molar-refractivity contribution is 0.891. The number of hydrogen-bond acceptors (Lipinski definition) is 5. The van der Waals surface area contributed by atoms with Crippen molar-refractivity contribution in [2.45, 2.75) is 27.3 Å². The van der Waals surface area contributed by atoms with Crippen molar-refractivity contribution < 1.29 is 0 Å². The summed E-state index contributed by atoms with van der Waals surface area (Å²) < 4.78 is 1.85. The number of aromatic nitrogens is 5. The van der Waals surface area contributed by atoms with Gasteiger partial charge in [-0.15, -0.1) is 0 Å². The van der Waals surface area contributed by atoms with Crippen LogP contribution in [0.25, 0.3) is 5.65 Å². The molecule has 0 radical (unpaired) electrons. The Labute approximate surface area is 116 Å². The zero-order valence-electron chi connectivity index (χ0n) is 11.8. The first kappa shape index (κ1) is 12.5. The molecule has 3 aromatic rings. The smallest absolute Gasteiger partial charge is 0.160 e. The van der Waals surface area contributed by atoms with Crippen LogP contribution in [0.15, 0.2) is 24.7 Å². The van der Waals surface area contributed by atoms with Crippen LogP contribution in [0.5, 0.6) is 0 Å². The summed E-state index contributed by atoms with van der Waals surface area (Å²) in [7, 11) is 0. The summed E-state index contributed by atoms with van der Waals surface area (Å²) in [6.45, 7) is 6.64. The van der Waals surface area contributed by atoms with E-state index in [-0.39, 0.29) is 0 Å². The third kappa shape index (κ3) is 2.20. The van der Waals surface area contributed by atoms with Gasteiger partial charge in [0.05, 0.1) is 17.9 Å². The van der Waals surface area contributed by atoms with Crippen LogP contribution in [0.4, 0.5) is 5.82 Å². The second-order valence-electron chi connectivity index (χ2n) is 4.78. The Morgan fingerprint density at radius 3 is 2.85 bits per heavy atom. The molecule has 0 saturated carbocycles. The molecule has 6 nitrogen and oxygen atoms in total. The van der Waals surface area contributed by atoms with E-state index in [4.69, 9.17) is 0 Å². The second kappa shape index (κ2) is 4.88. The average molecular weight is 268 g/mol. The Hall–Kier alpha value is -2.50. The van der Waals surface area contributed by atoms with Crippen molar-refractivity contribution >= 4 is 11.5 Å². The zero-order chi connectivity index (χ0) is 14.1. The van der Waals surface area contributed by atoms with Crippen LogP contribution in [-0.4, -0.2) is 24.6 Å². The minimum absolute atomic E-state index is 0.624. The highest BCUT2D eigenvalue weighted by Crippen LogP contribution is 2.18. The van der Waals surface area contributed by atoms with Gasteiger partial charge in [-0.3, -0.25) is 0 Å². The van der Waals surface area contributed by atoms with Gasteiger partial charge < -0.3 is 5.32 Å². The minimum atomic E-state index is 0.624. The largest absolute Gasteiger partial charge is 0.364 e. The van der Waals surface area contributed by atoms with Gasteiger partial charge in [-0.05, 0) is 26.8 Å². The Morgan fingerprint density at radius 1 is 1.25 bits per heavy atom. The average Bonchev–Trinajstić information content (AvgIpc) is 2.74. The highest BCUT2D eigenvalue weighted by molar-refractivity contribution is 5.55. The van der Waals surface area contributed by atoms with E-state index in [0.717, 1.165) is 34.1 Å². The third-order valence-corrected chi connectivity index (χ3v) is 3.28. The molecule has 0 unspecified atom stereocenters. The number of hydrogen-bond donors (Lipinski definition) is 1. The first-order valence-corrected chi connectivity index (χ1v) is 6.47. The maximum atomic E-state index is 4.55. The van der Waals surface area contributed by atoms with Crippen LogP contribution in [-0.2, 0) is 6.54 Å². The van der Waals surface area contributed by atoms with Crippen molar-refractivity contribution in [2.75, 3.05) is 5.32 Å². The lowest BCUT2D eigenvalue weighted by atomic mass is 10.3. The van der Waals surface area contributed by atoms with Crippen LogP contribution in [0.1, 0.15) is 22.6 Å². The van der Waals surface area contributed by atoms with Gasteiger partial charge in [0.2, 0.25) is 0 Å². The fraction of sp³-hybridized carbons (Fsp3) is 0.286. The van der Waals surface area contributed by atoms with Crippen molar-refractivity contribution in [3.8, 4) is 0 Å². The molecule has 0 aliphatic rings. The molecular formula is C14H16N6. The van der Waals surface area contributed by atoms with E-state index < -0.39 is 0 Å². The molecule has 0 spiro atoms. The molecule has 0 fully saturated rings. The van der Waals surface area contributed by atoms with Crippen molar-refractivity contribution in [1.82, 2.24) is 24.6 Å². The highest BCUT2D eigenvalue weighted by Gasteiger charge is 2.10. The third-order valence-electron chi connectivity index (χ3n) is 3.28. The SMILES string of the molecule is Cc1cc(NCc2ccncn2)n2nc(C)c(C)c2n1. The van der Waals surface area contributed by atoms with E-state index in [2.05, 4.69) is 25.4 Å². The molecule has 0 amide bonds. The molecule has 6 heteroatoms. The lowest BCUT2D eigenvalue weighted by Crippen LogP contribution is -2.08. The summed E-state index contributed by atoms with van der Waals surface area (Å²) in [5, 5.41) is 7.88. The Bertz CT molecular complexity index is 747. The molecule has 102 valence electrons. The number of aryl methyl sites for hydroxylation is 3. The van der Waals surface area contributed by atoms with E-state index in [0.29, 0.717) is 6.54 Å². The summed E-state index contributed by atoms with van der Waals surface area (Å²) in [5.74, 6) is 0.919. The van der Waals surface area contributed by atoms with Crippen molar-refractivity contribution in [3.05, 3.63) is 47.3 Å². The summed E-state index contributed by atoms with van der Waals surface area (Å²) in [5.41, 5.74) is 4.90. The standard InChI is InChI=1S/C14H16N6/c1-9-6-13(16-7-12-4-5-15-8-17-12)20-14(18-9)10(2)11(3)19-20/h4-6,8,16H,7H2,1-3H3. The lowest BCUT2D eigenvalue weighted by Gasteiger charge is -2.08. The van der Waals surface area contributed by atoms with Gasteiger partial charge in [-0.2, -0.15) is 9.61 Å². The number of fused-ring (bicyclic) bond motifs is 1. The predicted molar refractivity (Wildman–Crippen MR) is 76.6 cm³/mol. The van der Waals surface area contributed by atoms with Gasteiger partial charge in [-0.25, -0.2) is 15.0 Å². The van der Waals surface area contributed by atoms with Crippen LogP contribution in [0, 0.1) is 20.8 Å². The fourth-order valence-electron chi connectivity index (χ4n) is 2.08. The minimum Gasteiger partial charge on any atom is -0.364 e. The van der Waals surface area contributed by atoms with Gasteiger partial charge in [0.1, 0.15) is 12.1 Å². The first-order chi connectivity index (χ1) is 9.65. The van der Waals surface area contributed by atoms with Crippen LogP contribution < -0.4 is 5.32 Å². The van der Waals surface area contributed by atoms with Gasteiger partial charge in [0, 0.05) is 23.5 Å². The van der Waals surface area contributed by atoms with E-state index in [1.54, 1.807) is 12.5 Å². The Morgan fingerprint density at radius 2 is 2.10 bits per heavy atom. The molecule has 0 aliphatic heterocycles. The van der Waals surface area contributed by atoms with Crippen LogP contribution in [0.2, 0.25) is 0 Å². The zero-order valence-corrected chi connectivity index (χ0v) is 11.8. The normalized spacial score (nSPS) is 10.9. The molecule has 1 N–H and O–H groups in total. The number of nitrogens with one attached hydrogen (secondary N) is 1. The molecule has 3 rings (SSSR count). The predicted octanol–water partition coefficient (Wildman–Crippen LogP) is 2.06. The van der Waals surface area contributed by atoms with Crippen molar-refractivity contribution in [3.63, 3.8) is 0 Å². The summed E-state index contributed by atoms with van der Waals surface area (Å²) in [4.78, 5) is 12.7. The van der Waals surface area contributed by atoms with Gasteiger partial charge in [0.15, 0.2) is 5.65 Å². The highest BCUT2D eigenvalue weighted by atomic mass is 15.3. The molecule has 20 heavy (non-hydrogen) atoms. The second-order valence-corrected chi connectivity index (χ2v) is 4.78. The van der Waals surface area contributed by atoms with E-state index in [1.807, 2.05) is 37.4 Å². The van der Waals surface area contributed by atoms with E-state index >= 15 is 0 Å². The van der Waals surface area contributed by atoms with Gasteiger partial charge in [-0.1, -0.05) is 0 Å². The maximum Gasteiger partial charge on any atom is 0.160 e. The van der Waals surface area contributed by atoms with Crippen molar-refractivity contribution in [1.29, 1.82) is 0 Å². The van der Waals surface area contributed by atoms with Gasteiger partial charge >= 0.3 is 0 Å². The summed E-state index contributed by atoms with van der Waals surface area (Å²) >= 11 is 0.